The highest BCUT2D eigenvalue weighted by Gasteiger charge is 2.37. The quantitative estimate of drug-likeness (QED) is 0.330. The third kappa shape index (κ3) is 7.66. The second-order valence-electron chi connectivity index (χ2n) is 11.5. The van der Waals surface area contributed by atoms with Crippen molar-refractivity contribution < 1.29 is 22.7 Å². The number of amides is 1. The molecule has 1 aromatic carbocycles. The van der Waals surface area contributed by atoms with Crippen LogP contribution in [0, 0.1) is 13.8 Å². The van der Waals surface area contributed by atoms with E-state index in [2.05, 4.69) is 22.0 Å². The van der Waals surface area contributed by atoms with Crippen molar-refractivity contribution in [2.75, 3.05) is 66.6 Å². The van der Waals surface area contributed by atoms with Gasteiger partial charge in [-0.2, -0.15) is 4.31 Å². The van der Waals surface area contributed by atoms with Crippen LogP contribution in [0.3, 0.4) is 0 Å². The highest BCUT2D eigenvalue weighted by atomic mass is 32.2. The number of ether oxygens (including phenoxy) is 2. The molecule has 0 atom stereocenters. The molecule has 2 saturated heterocycles. The molecule has 0 bridgehead atoms. The smallest absolute Gasteiger partial charge is 0.248 e. The van der Waals surface area contributed by atoms with Gasteiger partial charge in [-0.25, -0.2) is 8.42 Å². The van der Waals surface area contributed by atoms with Crippen LogP contribution in [0.2, 0.25) is 0 Å². The van der Waals surface area contributed by atoms with Gasteiger partial charge in [-0.3, -0.25) is 9.78 Å². The van der Waals surface area contributed by atoms with Crippen molar-refractivity contribution in [1.29, 1.82) is 0 Å². The number of carbonyl (C=O) groups excluding carboxylic acids is 1. The molecule has 1 amide bonds. The van der Waals surface area contributed by atoms with Gasteiger partial charge in [-0.1, -0.05) is 0 Å². The summed E-state index contributed by atoms with van der Waals surface area (Å²) in [4.78, 5) is 22.0. The Morgan fingerprint density at radius 1 is 1.05 bits per heavy atom. The molecule has 0 radical (unpaired) electrons. The molecule has 2 aliphatic rings. The minimum Gasteiger partial charge on any atom is -0.497 e. The van der Waals surface area contributed by atoms with Crippen molar-refractivity contribution in [3.63, 3.8) is 0 Å². The first-order chi connectivity index (χ1) is 19.7. The van der Waals surface area contributed by atoms with Gasteiger partial charge in [0.1, 0.15) is 12.4 Å². The van der Waals surface area contributed by atoms with Crippen LogP contribution in [-0.4, -0.2) is 100 Å². The number of rotatable bonds is 13. The van der Waals surface area contributed by atoms with E-state index >= 15 is 0 Å². The molecule has 10 heteroatoms. The van der Waals surface area contributed by atoms with Gasteiger partial charge in [-0.15, -0.1) is 0 Å². The predicted octanol–water partition coefficient (Wildman–Crippen LogP) is 3.78. The molecule has 0 unspecified atom stereocenters. The van der Waals surface area contributed by atoms with Crippen LogP contribution in [0.5, 0.6) is 5.75 Å². The molecule has 0 N–H and O–H groups in total. The van der Waals surface area contributed by atoms with Crippen molar-refractivity contribution >= 4 is 15.9 Å². The Hall–Kier alpha value is -2.53. The van der Waals surface area contributed by atoms with Gasteiger partial charge >= 0.3 is 0 Å². The Labute approximate surface area is 245 Å². The molecular formula is C31H46N4O5S. The number of piperidine rings is 1. The van der Waals surface area contributed by atoms with E-state index in [1.54, 1.807) is 33.1 Å². The maximum Gasteiger partial charge on any atom is 0.248 e. The molecule has 3 heterocycles. The van der Waals surface area contributed by atoms with Crippen molar-refractivity contribution in [2.24, 2.45) is 0 Å². The molecule has 0 aliphatic carbocycles. The number of hydrogen-bond donors (Lipinski definition) is 0. The lowest BCUT2D eigenvalue weighted by molar-refractivity contribution is -0.137. The number of carbonyl (C=O) groups is 1. The maximum absolute atomic E-state index is 13.2. The summed E-state index contributed by atoms with van der Waals surface area (Å²) in [6.07, 6.45) is 10.5. The van der Waals surface area contributed by atoms with Crippen molar-refractivity contribution in [3.05, 3.63) is 53.3 Å². The molecule has 1 aromatic heterocycles. The fourth-order valence-corrected chi connectivity index (χ4v) is 7.93. The average Bonchev–Trinajstić information content (AvgIpc) is 3.49. The van der Waals surface area contributed by atoms with E-state index in [1.807, 2.05) is 17.3 Å². The van der Waals surface area contributed by atoms with Crippen LogP contribution in [-0.2, 0) is 25.0 Å². The summed E-state index contributed by atoms with van der Waals surface area (Å²) in [7, 11) is -0.605. The zero-order valence-corrected chi connectivity index (χ0v) is 25.9. The highest BCUT2D eigenvalue weighted by Crippen LogP contribution is 2.39. The van der Waals surface area contributed by atoms with Crippen LogP contribution >= 0.6 is 0 Å². The van der Waals surface area contributed by atoms with E-state index in [1.165, 1.54) is 42.8 Å². The lowest BCUT2D eigenvalue weighted by atomic mass is 9.70. The van der Waals surface area contributed by atoms with Crippen LogP contribution in [0.15, 0.2) is 41.6 Å². The number of nitrogens with zero attached hydrogens (tertiary/aromatic N) is 4. The molecule has 2 aromatic rings. The zero-order valence-electron chi connectivity index (χ0n) is 25.1. The summed E-state index contributed by atoms with van der Waals surface area (Å²) >= 11 is 0. The standard InChI is InChI=1S/C31H46N4O5S/c1-25-22-28(39-4)23-26(2)30(25)41(37,38)33(3)20-21-40-24-29(36)35-18-11-31(12-19-35,27-8-13-32-14-9-27)10-7-17-34-15-5-6-16-34/h8-9,13-14,22-23H,5-7,10-12,15-21,24H2,1-4H3. The van der Waals surface area contributed by atoms with E-state index in [0.29, 0.717) is 30.0 Å². The van der Waals surface area contributed by atoms with Gasteiger partial charge in [0.25, 0.3) is 0 Å². The van der Waals surface area contributed by atoms with Crippen molar-refractivity contribution in [2.45, 2.75) is 62.7 Å². The van der Waals surface area contributed by atoms with Crippen molar-refractivity contribution in [1.82, 2.24) is 19.1 Å². The lowest BCUT2D eigenvalue weighted by Gasteiger charge is -2.42. The second-order valence-corrected chi connectivity index (χ2v) is 13.5. The molecule has 2 aliphatic heterocycles. The number of sulfonamides is 1. The predicted molar refractivity (Wildman–Crippen MR) is 160 cm³/mol. The summed E-state index contributed by atoms with van der Waals surface area (Å²) in [5.41, 5.74) is 2.65. The number of aromatic nitrogens is 1. The second kappa shape index (κ2) is 14.1. The van der Waals surface area contributed by atoms with Gasteiger partial charge < -0.3 is 19.3 Å². The molecule has 0 saturated carbocycles. The van der Waals surface area contributed by atoms with Gasteiger partial charge in [0, 0.05) is 39.1 Å². The average molecular weight is 587 g/mol. The van der Waals surface area contributed by atoms with Crippen LogP contribution in [0.4, 0.5) is 0 Å². The van der Waals surface area contributed by atoms with E-state index in [9.17, 15) is 13.2 Å². The highest BCUT2D eigenvalue weighted by molar-refractivity contribution is 7.89. The fourth-order valence-electron chi connectivity index (χ4n) is 6.38. The molecule has 9 nitrogen and oxygen atoms in total. The number of pyridine rings is 1. The van der Waals surface area contributed by atoms with Gasteiger partial charge in [-0.05, 0) is 118 Å². The van der Waals surface area contributed by atoms with E-state index < -0.39 is 10.0 Å². The first-order valence-electron chi connectivity index (χ1n) is 14.8. The van der Waals surface area contributed by atoms with Crippen LogP contribution in [0.25, 0.3) is 0 Å². The monoisotopic (exact) mass is 586 g/mol. The summed E-state index contributed by atoms with van der Waals surface area (Å²) in [6, 6.07) is 7.71. The Balaban J connectivity index is 1.26. The Bertz CT molecular complexity index is 1230. The number of aryl methyl sites for hydroxylation is 2. The van der Waals surface area contributed by atoms with Gasteiger partial charge in [0.2, 0.25) is 15.9 Å². The number of likely N-dealkylation sites (tertiary alicyclic amines) is 2. The Morgan fingerprint density at radius 2 is 1.68 bits per heavy atom. The molecule has 226 valence electrons. The SMILES string of the molecule is COc1cc(C)c(S(=O)(=O)N(C)CCOCC(=O)N2CCC(CCCN3CCCC3)(c3ccncc3)CC2)c(C)c1. The van der Waals surface area contributed by atoms with E-state index in [0.717, 1.165) is 32.2 Å². The first kappa shape index (κ1) is 31.4. The number of hydrogen-bond acceptors (Lipinski definition) is 7. The van der Waals surface area contributed by atoms with Gasteiger partial charge in [0.05, 0.1) is 18.6 Å². The van der Waals surface area contributed by atoms with E-state index in [-0.39, 0.29) is 36.0 Å². The van der Waals surface area contributed by atoms with Crippen LogP contribution < -0.4 is 4.74 Å². The molecular weight excluding hydrogens is 540 g/mol. The van der Waals surface area contributed by atoms with Gasteiger partial charge in [0.15, 0.2) is 0 Å². The summed E-state index contributed by atoms with van der Waals surface area (Å²) in [6.45, 7) is 8.74. The molecule has 2 fully saturated rings. The lowest BCUT2D eigenvalue weighted by Crippen LogP contribution is -2.46. The zero-order chi connectivity index (χ0) is 29.5. The molecule has 0 spiro atoms. The summed E-state index contributed by atoms with van der Waals surface area (Å²) in [5, 5.41) is 0. The third-order valence-corrected chi connectivity index (χ3v) is 11.0. The minimum atomic E-state index is -3.70. The number of methoxy groups -OCH3 is 1. The number of benzene rings is 1. The number of likely N-dealkylation sites (N-methyl/N-ethyl adjacent to an activating group) is 1. The molecule has 41 heavy (non-hydrogen) atoms. The van der Waals surface area contributed by atoms with Crippen LogP contribution in [0.1, 0.15) is 55.2 Å². The minimum absolute atomic E-state index is 0.0438. The molecule has 4 rings (SSSR count). The summed E-state index contributed by atoms with van der Waals surface area (Å²) < 4.78 is 38.7. The summed E-state index contributed by atoms with van der Waals surface area (Å²) in [5.74, 6) is 0.582. The Kier molecular flexibility index (Phi) is 10.8. The maximum atomic E-state index is 13.2. The Morgan fingerprint density at radius 3 is 2.29 bits per heavy atom. The first-order valence-corrected chi connectivity index (χ1v) is 16.2. The van der Waals surface area contributed by atoms with Crippen molar-refractivity contribution in [3.8, 4) is 5.75 Å². The fraction of sp³-hybridized carbons (Fsp3) is 0.613. The largest absolute Gasteiger partial charge is 0.497 e. The third-order valence-electron chi connectivity index (χ3n) is 8.81. The normalized spacial score (nSPS) is 17.7. The van der Waals surface area contributed by atoms with E-state index in [4.69, 9.17) is 9.47 Å². The topological polar surface area (TPSA) is 92.3 Å².